The molecule has 0 bridgehead atoms. The highest BCUT2D eigenvalue weighted by atomic mass is 16.6. The monoisotopic (exact) mass is 311 g/mol. The van der Waals surface area contributed by atoms with Crippen molar-refractivity contribution in [1.29, 1.82) is 0 Å². The lowest BCUT2D eigenvalue weighted by Crippen LogP contribution is -2.55. The van der Waals surface area contributed by atoms with Gasteiger partial charge in [0.25, 0.3) is 0 Å². The molecule has 3 atom stereocenters. The van der Waals surface area contributed by atoms with Gasteiger partial charge in [-0.2, -0.15) is 0 Å². The summed E-state index contributed by atoms with van der Waals surface area (Å²) in [6.07, 6.45) is 5.79. The number of carbonyl (C=O) groups is 1. The van der Waals surface area contributed by atoms with Crippen LogP contribution < -0.4 is 0 Å². The highest BCUT2D eigenvalue weighted by molar-refractivity contribution is 5.68. The number of carbonyl (C=O) groups excluding carboxylic acids is 1. The predicted octanol–water partition coefficient (Wildman–Crippen LogP) is 3.96. The number of nitrogens with zero attached hydrogens (tertiary/aromatic N) is 1. The second-order valence-electron chi connectivity index (χ2n) is 8.73. The van der Waals surface area contributed by atoms with Crippen LogP contribution in [0, 0.1) is 11.3 Å². The summed E-state index contributed by atoms with van der Waals surface area (Å²) in [5.74, 6) is 0.177. The number of aliphatic hydroxyl groups is 1. The standard InChI is InChI=1S/C18H33NO3/c1-17(2,3)22-16(21)19-12-7-6-10-14(19)13-9-8-11-18(4,5)15(13)20/h13-15,20H,6-12H2,1-5H3. The number of ether oxygens (including phenoxy) is 1. The van der Waals surface area contributed by atoms with Crippen molar-refractivity contribution >= 4 is 6.09 Å². The van der Waals surface area contributed by atoms with Crippen LogP contribution in [0.2, 0.25) is 0 Å². The molecular formula is C18H33NO3. The first-order chi connectivity index (χ1) is 10.1. The molecule has 1 N–H and O–H groups in total. The number of aliphatic hydroxyl groups excluding tert-OH is 1. The van der Waals surface area contributed by atoms with Crippen molar-refractivity contribution in [3.8, 4) is 0 Å². The number of hydrogen-bond acceptors (Lipinski definition) is 3. The maximum Gasteiger partial charge on any atom is 0.410 e. The van der Waals surface area contributed by atoms with Gasteiger partial charge in [0.2, 0.25) is 0 Å². The van der Waals surface area contributed by atoms with E-state index in [1.807, 2.05) is 25.7 Å². The van der Waals surface area contributed by atoms with Crippen molar-refractivity contribution in [3.63, 3.8) is 0 Å². The van der Waals surface area contributed by atoms with Gasteiger partial charge in [-0.25, -0.2) is 4.79 Å². The Hall–Kier alpha value is -0.770. The van der Waals surface area contributed by atoms with Gasteiger partial charge in [0.15, 0.2) is 0 Å². The molecule has 1 amide bonds. The SMILES string of the molecule is CC(C)(C)OC(=O)N1CCCCC1C1CCCC(C)(C)C1O. The summed E-state index contributed by atoms with van der Waals surface area (Å²) in [6.45, 7) is 10.8. The Balaban J connectivity index is 2.14. The van der Waals surface area contributed by atoms with Crippen molar-refractivity contribution in [2.45, 2.75) is 90.9 Å². The lowest BCUT2D eigenvalue weighted by molar-refractivity contribution is -0.0741. The molecule has 0 radical (unpaired) electrons. The summed E-state index contributed by atoms with van der Waals surface area (Å²) in [5.41, 5.74) is -0.524. The van der Waals surface area contributed by atoms with E-state index < -0.39 is 5.60 Å². The highest BCUT2D eigenvalue weighted by Gasteiger charge is 2.45. The molecule has 2 aliphatic rings. The molecule has 1 saturated heterocycles. The van der Waals surface area contributed by atoms with E-state index in [4.69, 9.17) is 4.74 Å². The summed E-state index contributed by atoms with van der Waals surface area (Å²) >= 11 is 0. The summed E-state index contributed by atoms with van der Waals surface area (Å²) in [6, 6.07) is 0.123. The predicted molar refractivity (Wildman–Crippen MR) is 87.7 cm³/mol. The molecule has 0 aromatic rings. The first-order valence-electron chi connectivity index (χ1n) is 8.79. The van der Waals surface area contributed by atoms with Crippen molar-refractivity contribution in [1.82, 2.24) is 4.90 Å². The second-order valence-corrected chi connectivity index (χ2v) is 8.73. The molecule has 22 heavy (non-hydrogen) atoms. The van der Waals surface area contributed by atoms with Crippen LogP contribution in [-0.4, -0.2) is 40.4 Å². The number of likely N-dealkylation sites (tertiary alicyclic amines) is 1. The lowest BCUT2D eigenvalue weighted by Gasteiger charge is -2.48. The van der Waals surface area contributed by atoms with Gasteiger partial charge in [-0.15, -0.1) is 0 Å². The van der Waals surface area contributed by atoms with Crippen molar-refractivity contribution in [2.75, 3.05) is 6.54 Å². The minimum Gasteiger partial charge on any atom is -0.444 e. The fourth-order valence-electron chi connectivity index (χ4n) is 4.03. The summed E-state index contributed by atoms with van der Waals surface area (Å²) in [5, 5.41) is 10.8. The molecule has 3 unspecified atom stereocenters. The minimum absolute atomic E-state index is 0.0556. The van der Waals surface area contributed by atoms with Gasteiger partial charge in [0.1, 0.15) is 5.60 Å². The maximum atomic E-state index is 12.6. The molecule has 2 fully saturated rings. The van der Waals surface area contributed by atoms with Crippen LogP contribution in [0.15, 0.2) is 0 Å². The molecule has 1 aliphatic heterocycles. The molecule has 0 spiro atoms. The van der Waals surface area contributed by atoms with E-state index in [0.29, 0.717) is 0 Å². The van der Waals surface area contributed by atoms with E-state index in [1.54, 1.807) is 0 Å². The smallest absolute Gasteiger partial charge is 0.410 e. The topological polar surface area (TPSA) is 49.8 Å². The van der Waals surface area contributed by atoms with Gasteiger partial charge in [-0.1, -0.05) is 20.3 Å². The molecule has 4 heteroatoms. The third-order valence-corrected chi connectivity index (χ3v) is 5.24. The van der Waals surface area contributed by atoms with E-state index in [1.165, 1.54) is 0 Å². The van der Waals surface area contributed by atoms with Gasteiger partial charge in [-0.05, 0) is 58.3 Å². The van der Waals surface area contributed by atoms with Gasteiger partial charge in [0, 0.05) is 18.5 Å². The molecule has 1 heterocycles. The van der Waals surface area contributed by atoms with Crippen molar-refractivity contribution < 1.29 is 14.6 Å². The zero-order chi connectivity index (χ0) is 16.5. The molecule has 4 nitrogen and oxygen atoms in total. The molecule has 0 aromatic heterocycles. The highest BCUT2D eigenvalue weighted by Crippen LogP contribution is 2.43. The third-order valence-electron chi connectivity index (χ3n) is 5.24. The maximum absolute atomic E-state index is 12.6. The quantitative estimate of drug-likeness (QED) is 0.797. The summed E-state index contributed by atoms with van der Waals surface area (Å²) in [7, 11) is 0. The van der Waals surface area contributed by atoms with Gasteiger partial charge in [0.05, 0.1) is 6.10 Å². The second kappa shape index (κ2) is 6.38. The van der Waals surface area contributed by atoms with E-state index in [-0.39, 0.29) is 29.6 Å². The zero-order valence-electron chi connectivity index (χ0n) is 14.9. The third kappa shape index (κ3) is 3.95. The van der Waals surface area contributed by atoms with Crippen LogP contribution in [0.25, 0.3) is 0 Å². The van der Waals surface area contributed by atoms with Gasteiger partial charge >= 0.3 is 6.09 Å². The normalized spacial score (nSPS) is 32.6. The van der Waals surface area contributed by atoms with E-state index in [9.17, 15) is 9.90 Å². The minimum atomic E-state index is -0.469. The molecular weight excluding hydrogens is 278 g/mol. The van der Waals surface area contributed by atoms with E-state index in [2.05, 4.69) is 13.8 Å². The largest absolute Gasteiger partial charge is 0.444 e. The van der Waals surface area contributed by atoms with Crippen LogP contribution in [0.5, 0.6) is 0 Å². The number of rotatable bonds is 1. The van der Waals surface area contributed by atoms with Gasteiger partial charge < -0.3 is 14.7 Å². The Morgan fingerprint density at radius 2 is 1.86 bits per heavy atom. The van der Waals surface area contributed by atoms with Crippen LogP contribution in [0.3, 0.4) is 0 Å². The van der Waals surface area contributed by atoms with Crippen LogP contribution in [0.4, 0.5) is 4.79 Å². The number of hydrogen-bond donors (Lipinski definition) is 1. The van der Waals surface area contributed by atoms with E-state index >= 15 is 0 Å². The average Bonchev–Trinajstić information content (AvgIpc) is 2.40. The first-order valence-corrected chi connectivity index (χ1v) is 8.79. The van der Waals surface area contributed by atoms with E-state index in [0.717, 1.165) is 45.1 Å². The molecule has 2 rings (SSSR count). The number of piperidine rings is 1. The molecule has 1 aliphatic carbocycles. The molecule has 0 aromatic carbocycles. The van der Waals surface area contributed by atoms with Crippen molar-refractivity contribution in [3.05, 3.63) is 0 Å². The molecule has 128 valence electrons. The van der Waals surface area contributed by atoms with Crippen LogP contribution >= 0.6 is 0 Å². The molecule has 1 saturated carbocycles. The van der Waals surface area contributed by atoms with Crippen molar-refractivity contribution in [2.24, 2.45) is 11.3 Å². The fourth-order valence-corrected chi connectivity index (χ4v) is 4.03. The Labute approximate surface area is 135 Å². The Morgan fingerprint density at radius 3 is 2.50 bits per heavy atom. The number of amides is 1. The Morgan fingerprint density at radius 1 is 1.18 bits per heavy atom. The van der Waals surface area contributed by atoms with Crippen LogP contribution in [0.1, 0.15) is 73.1 Å². The zero-order valence-corrected chi connectivity index (χ0v) is 14.9. The Bertz CT molecular complexity index is 400. The summed E-state index contributed by atoms with van der Waals surface area (Å²) in [4.78, 5) is 14.4. The fraction of sp³-hybridized carbons (Fsp3) is 0.944. The van der Waals surface area contributed by atoms with Gasteiger partial charge in [-0.3, -0.25) is 0 Å². The summed E-state index contributed by atoms with van der Waals surface area (Å²) < 4.78 is 5.59. The lowest BCUT2D eigenvalue weighted by atomic mass is 9.66. The first kappa shape index (κ1) is 17.6. The van der Waals surface area contributed by atoms with Crippen LogP contribution in [-0.2, 0) is 4.74 Å². The Kier molecular flexibility index (Phi) is 5.10. The average molecular weight is 311 g/mol.